The molecule has 0 aliphatic rings. The Morgan fingerprint density at radius 1 is 1.05 bits per heavy atom. The smallest absolute Gasteiger partial charge is 0.0951 e. The fraction of sp³-hybridized carbons (Fsp3) is 0.0625. The summed E-state index contributed by atoms with van der Waals surface area (Å²) >= 11 is 3.44. The number of nitrogen functional groups attached to an aromatic ring is 1. The van der Waals surface area contributed by atoms with Gasteiger partial charge in [0.15, 0.2) is 0 Å². The molecule has 2 aromatic carbocycles. The first-order valence-electron chi connectivity index (χ1n) is 6.35. The molecule has 0 spiro atoms. The second kappa shape index (κ2) is 5.51. The van der Waals surface area contributed by atoms with Crippen LogP contribution in [0.2, 0.25) is 0 Å². The third-order valence-electron chi connectivity index (χ3n) is 3.20. The Bertz CT molecular complexity index is 738. The lowest BCUT2D eigenvalue weighted by atomic mass is 10.1. The number of nitrogens with zero attached hydrogens (tertiary/aromatic N) is 1. The number of nitrogens with two attached hydrogens (primary N) is 1. The van der Waals surface area contributed by atoms with Crippen molar-refractivity contribution >= 4 is 38.2 Å². The molecule has 3 nitrogen and oxygen atoms in total. The molecule has 4 heteroatoms. The topological polar surface area (TPSA) is 50.9 Å². The van der Waals surface area contributed by atoms with Gasteiger partial charge in [-0.2, -0.15) is 0 Å². The van der Waals surface area contributed by atoms with Gasteiger partial charge in [0.1, 0.15) is 0 Å². The minimum atomic E-state index is 0.704. The molecule has 0 unspecified atom stereocenters. The van der Waals surface area contributed by atoms with Crippen LogP contribution in [0.1, 0.15) is 5.56 Å². The van der Waals surface area contributed by atoms with Crippen LogP contribution in [0.5, 0.6) is 0 Å². The highest BCUT2D eigenvalue weighted by Crippen LogP contribution is 2.25. The first kappa shape index (κ1) is 12.9. The van der Waals surface area contributed by atoms with Crippen LogP contribution >= 0.6 is 15.9 Å². The Labute approximate surface area is 126 Å². The van der Waals surface area contributed by atoms with Crippen LogP contribution in [0.3, 0.4) is 0 Å². The van der Waals surface area contributed by atoms with Crippen molar-refractivity contribution in [3.63, 3.8) is 0 Å². The number of pyridine rings is 1. The number of anilines is 2. The first-order chi connectivity index (χ1) is 9.74. The fourth-order valence-corrected chi connectivity index (χ4v) is 2.42. The van der Waals surface area contributed by atoms with Gasteiger partial charge in [0.2, 0.25) is 0 Å². The second-order valence-electron chi connectivity index (χ2n) is 4.58. The van der Waals surface area contributed by atoms with Crippen LogP contribution < -0.4 is 11.1 Å². The van der Waals surface area contributed by atoms with Crippen molar-refractivity contribution in [2.45, 2.75) is 6.54 Å². The maximum atomic E-state index is 5.95. The van der Waals surface area contributed by atoms with Crippen LogP contribution in [0.4, 0.5) is 11.4 Å². The quantitative estimate of drug-likeness (QED) is 0.709. The second-order valence-corrected chi connectivity index (χ2v) is 5.50. The van der Waals surface area contributed by atoms with Gasteiger partial charge in [0.25, 0.3) is 0 Å². The zero-order chi connectivity index (χ0) is 13.9. The minimum absolute atomic E-state index is 0.704. The lowest BCUT2D eigenvalue weighted by molar-refractivity contribution is 1.15. The molecule has 0 aliphatic carbocycles. The molecule has 0 bridgehead atoms. The molecule has 0 aliphatic heterocycles. The van der Waals surface area contributed by atoms with Crippen molar-refractivity contribution in [3.8, 4) is 0 Å². The van der Waals surface area contributed by atoms with Crippen LogP contribution in [0.15, 0.2) is 59.2 Å². The highest BCUT2D eigenvalue weighted by atomic mass is 79.9. The van der Waals surface area contributed by atoms with E-state index in [1.807, 2.05) is 36.4 Å². The summed E-state index contributed by atoms with van der Waals surface area (Å²) in [7, 11) is 0. The van der Waals surface area contributed by atoms with Gasteiger partial charge in [0.05, 0.1) is 11.2 Å². The summed E-state index contributed by atoms with van der Waals surface area (Å²) in [6, 6.07) is 16.1. The number of hydrogen-bond acceptors (Lipinski definition) is 3. The third-order valence-corrected chi connectivity index (χ3v) is 3.73. The average molecular weight is 328 g/mol. The van der Waals surface area contributed by atoms with Crippen LogP contribution in [-0.2, 0) is 6.54 Å². The van der Waals surface area contributed by atoms with Crippen molar-refractivity contribution < 1.29 is 0 Å². The van der Waals surface area contributed by atoms with Gasteiger partial charge in [0, 0.05) is 28.3 Å². The van der Waals surface area contributed by atoms with E-state index >= 15 is 0 Å². The normalized spacial score (nSPS) is 10.7. The highest BCUT2D eigenvalue weighted by molar-refractivity contribution is 9.10. The van der Waals surface area contributed by atoms with Crippen molar-refractivity contribution in [1.29, 1.82) is 0 Å². The maximum Gasteiger partial charge on any atom is 0.0951 e. The van der Waals surface area contributed by atoms with Gasteiger partial charge in [-0.05, 0) is 29.8 Å². The van der Waals surface area contributed by atoms with Gasteiger partial charge >= 0.3 is 0 Å². The molecule has 3 rings (SSSR count). The number of para-hydroxylation sites is 1. The summed E-state index contributed by atoms with van der Waals surface area (Å²) in [5.74, 6) is 0. The van der Waals surface area contributed by atoms with E-state index in [4.69, 9.17) is 5.73 Å². The molecule has 0 fully saturated rings. The zero-order valence-corrected chi connectivity index (χ0v) is 12.4. The monoisotopic (exact) mass is 327 g/mol. The molecule has 0 amide bonds. The average Bonchev–Trinajstić information content (AvgIpc) is 2.47. The molecule has 0 atom stereocenters. The van der Waals surface area contributed by atoms with E-state index in [2.05, 4.69) is 38.4 Å². The number of nitrogens with one attached hydrogen (secondary N) is 1. The molecule has 20 heavy (non-hydrogen) atoms. The summed E-state index contributed by atoms with van der Waals surface area (Å²) in [6.07, 6.45) is 1.78. The lowest BCUT2D eigenvalue weighted by Crippen LogP contribution is -2.01. The van der Waals surface area contributed by atoms with E-state index in [0.29, 0.717) is 5.69 Å². The molecular formula is C16H14BrN3. The van der Waals surface area contributed by atoms with Crippen molar-refractivity contribution in [2.24, 2.45) is 0 Å². The lowest BCUT2D eigenvalue weighted by Gasteiger charge is -2.10. The van der Waals surface area contributed by atoms with Gasteiger partial charge in [-0.3, -0.25) is 4.98 Å². The number of benzene rings is 2. The summed E-state index contributed by atoms with van der Waals surface area (Å²) in [6.45, 7) is 0.765. The summed E-state index contributed by atoms with van der Waals surface area (Å²) in [5, 5.41) is 4.49. The van der Waals surface area contributed by atoms with Crippen molar-refractivity contribution in [3.05, 3.63) is 64.8 Å². The number of fused-ring (bicyclic) bond motifs is 1. The fourth-order valence-electron chi connectivity index (χ4n) is 2.15. The molecular weight excluding hydrogens is 314 g/mol. The first-order valence-corrected chi connectivity index (χ1v) is 7.15. The minimum Gasteiger partial charge on any atom is -0.397 e. The molecule has 3 aromatic rings. The Morgan fingerprint density at radius 3 is 2.65 bits per heavy atom. The van der Waals surface area contributed by atoms with E-state index in [-0.39, 0.29) is 0 Å². The molecule has 0 radical (unpaired) electrons. The van der Waals surface area contributed by atoms with E-state index in [1.54, 1.807) is 6.20 Å². The highest BCUT2D eigenvalue weighted by Gasteiger charge is 2.04. The summed E-state index contributed by atoms with van der Waals surface area (Å²) < 4.78 is 1.09. The Balaban J connectivity index is 1.88. The Kier molecular flexibility index (Phi) is 3.56. The standard InChI is InChI=1S/C16H14BrN3/c17-12-6-4-11(5-7-12)10-20-15-8-9-19-16-13(15)2-1-3-14(16)18/h1-9H,10,18H2,(H,19,20). The summed E-state index contributed by atoms with van der Waals surface area (Å²) in [5.41, 5.74) is 9.77. The van der Waals surface area contributed by atoms with Crippen LogP contribution in [-0.4, -0.2) is 4.98 Å². The van der Waals surface area contributed by atoms with E-state index in [0.717, 1.165) is 27.6 Å². The summed E-state index contributed by atoms with van der Waals surface area (Å²) in [4.78, 5) is 4.34. The number of hydrogen-bond donors (Lipinski definition) is 2. The largest absolute Gasteiger partial charge is 0.397 e. The van der Waals surface area contributed by atoms with Gasteiger partial charge in [-0.25, -0.2) is 0 Å². The van der Waals surface area contributed by atoms with Gasteiger partial charge < -0.3 is 11.1 Å². The number of rotatable bonds is 3. The third kappa shape index (κ3) is 2.60. The predicted octanol–water partition coefficient (Wildman–Crippen LogP) is 4.19. The van der Waals surface area contributed by atoms with Crippen molar-refractivity contribution in [1.82, 2.24) is 4.98 Å². The molecule has 1 aromatic heterocycles. The predicted molar refractivity (Wildman–Crippen MR) is 87.6 cm³/mol. The number of aromatic nitrogens is 1. The van der Waals surface area contributed by atoms with Gasteiger partial charge in [-0.1, -0.05) is 40.2 Å². The SMILES string of the molecule is Nc1cccc2c(NCc3ccc(Br)cc3)ccnc12. The van der Waals surface area contributed by atoms with E-state index < -0.39 is 0 Å². The van der Waals surface area contributed by atoms with Crippen LogP contribution in [0, 0.1) is 0 Å². The molecule has 3 N–H and O–H groups in total. The Hall–Kier alpha value is -2.07. The maximum absolute atomic E-state index is 5.95. The zero-order valence-electron chi connectivity index (χ0n) is 10.8. The molecule has 1 heterocycles. The Morgan fingerprint density at radius 2 is 1.85 bits per heavy atom. The molecule has 0 saturated heterocycles. The van der Waals surface area contributed by atoms with Crippen LogP contribution in [0.25, 0.3) is 10.9 Å². The molecule has 100 valence electrons. The molecule has 0 saturated carbocycles. The van der Waals surface area contributed by atoms with Gasteiger partial charge in [-0.15, -0.1) is 0 Å². The van der Waals surface area contributed by atoms with E-state index in [9.17, 15) is 0 Å². The van der Waals surface area contributed by atoms with Crippen molar-refractivity contribution in [2.75, 3.05) is 11.1 Å². The number of halogens is 1. The van der Waals surface area contributed by atoms with E-state index in [1.165, 1.54) is 5.56 Å².